The Morgan fingerprint density at radius 2 is 2.28 bits per heavy atom. The number of halogens is 1. The molecule has 1 aromatic heterocycles. The largest absolute Gasteiger partial charge is 0.490 e. The Hall–Kier alpha value is -1.95. The molecule has 2 aromatic rings. The predicted octanol–water partition coefficient (Wildman–Crippen LogP) is 4.17. The summed E-state index contributed by atoms with van der Waals surface area (Å²) in [5, 5.41) is 2.87. The van der Waals surface area contributed by atoms with Crippen LogP contribution in [0.3, 0.4) is 0 Å². The fourth-order valence-electron chi connectivity index (χ4n) is 3.05. The standard InChI is InChI=1S/C19H23FN2O2S/c1-2-6-18-21-16(13-25-18)19(23)22-10-5-7-14(11-22)12-24-17-9-4-3-8-15(17)20/h3-4,8-9,13-14H,2,5-7,10-12H2,1H3/t14-/m1/s1. The van der Waals surface area contributed by atoms with E-state index in [-0.39, 0.29) is 23.4 Å². The first-order valence-electron chi connectivity index (χ1n) is 8.78. The molecule has 1 fully saturated rings. The minimum atomic E-state index is -0.350. The van der Waals surface area contributed by atoms with Crippen molar-refractivity contribution in [2.24, 2.45) is 5.92 Å². The molecule has 4 nitrogen and oxygen atoms in total. The Kier molecular flexibility index (Phi) is 6.02. The molecule has 2 heterocycles. The van der Waals surface area contributed by atoms with Crippen molar-refractivity contribution in [2.75, 3.05) is 19.7 Å². The number of ether oxygens (including phenoxy) is 1. The van der Waals surface area contributed by atoms with E-state index in [1.54, 1.807) is 29.5 Å². The average Bonchev–Trinajstić information content (AvgIpc) is 3.10. The first-order chi connectivity index (χ1) is 12.2. The number of benzene rings is 1. The number of piperidine rings is 1. The number of carbonyl (C=O) groups excluding carboxylic acids is 1. The second-order valence-electron chi connectivity index (χ2n) is 6.38. The van der Waals surface area contributed by atoms with Crippen molar-refractivity contribution in [2.45, 2.75) is 32.6 Å². The number of para-hydroxylation sites is 1. The summed E-state index contributed by atoms with van der Waals surface area (Å²) in [4.78, 5) is 19.0. The number of nitrogens with zero attached hydrogens (tertiary/aromatic N) is 2. The number of rotatable bonds is 6. The van der Waals surface area contributed by atoms with E-state index in [0.717, 1.165) is 37.2 Å². The van der Waals surface area contributed by atoms with Gasteiger partial charge in [0, 0.05) is 24.4 Å². The van der Waals surface area contributed by atoms with Gasteiger partial charge >= 0.3 is 0 Å². The maximum absolute atomic E-state index is 13.6. The maximum atomic E-state index is 13.6. The molecular formula is C19H23FN2O2S. The molecule has 1 saturated heterocycles. The highest BCUT2D eigenvalue weighted by atomic mass is 32.1. The number of aryl methyl sites for hydroxylation is 1. The van der Waals surface area contributed by atoms with Crippen LogP contribution in [0.15, 0.2) is 29.6 Å². The molecule has 0 aliphatic carbocycles. The number of hydrogen-bond acceptors (Lipinski definition) is 4. The smallest absolute Gasteiger partial charge is 0.273 e. The highest BCUT2D eigenvalue weighted by Crippen LogP contribution is 2.22. The van der Waals surface area contributed by atoms with Crippen LogP contribution in [-0.4, -0.2) is 35.5 Å². The number of thiazole rings is 1. The molecule has 0 spiro atoms. The normalized spacial score (nSPS) is 17.5. The summed E-state index contributed by atoms with van der Waals surface area (Å²) in [5.74, 6) is 0.132. The van der Waals surface area contributed by atoms with Crippen molar-refractivity contribution in [1.82, 2.24) is 9.88 Å². The quantitative estimate of drug-likeness (QED) is 0.775. The van der Waals surface area contributed by atoms with Gasteiger partial charge in [-0.25, -0.2) is 9.37 Å². The predicted molar refractivity (Wildman–Crippen MR) is 96.6 cm³/mol. The lowest BCUT2D eigenvalue weighted by atomic mass is 9.98. The molecule has 0 N–H and O–H groups in total. The van der Waals surface area contributed by atoms with Crippen molar-refractivity contribution in [3.05, 3.63) is 46.2 Å². The van der Waals surface area contributed by atoms with E-state index in [4.69, 9.17) is 4.74 Å². The van der Waals surface area contributed by atoms with E-state index in [0.29, 0.717) is 18.8 Å². The Bertz CT molecular complexity index is 719. The van der Waals surface area contributed by atoms with Gasteiger partial charge in [0.1, 0.15) is 5.69 Å². The number of amides is 1. The molecule has 0 unspecified atom stereocenters. The van der Waals surface area contributed by atoms with Crippen LogP contribution in [0, 0.1) is 11.7 Å². The van der Waals surface area contributed by atoms with Gasteiger partial charge in [0.05, 0.1) is 11.6 Å². The minimum Gasteiger partial charge on any atom is -0.490 e. The van der Waals surface area contributed by atoms with Crippen LogP contribution in [0.25, 0.3) is 0 Å². The SMILES string of the molecule is CCCc1nc(C(=O)N2CCC[C@@H](COc3ccccc3F)C2)cs1. The van der Waals surface area contributed by atoms with Crippen molar-refractivity contribution < 1.29 is 13.9 Å². The van der Waals surface area contributed by atoms with Crippen molar-refractivity contribution in [3.63, 3.8) is 0 Å². The Morgan fingerprint density at radius 1 is 1.44 bits per heavy atom. The molecule has 0 saturated carbocycles. The number of likely N-dealkylation sites (tertiary alicyclic amines) is 1. The van der Waals surface area contributed by atoms with Gasteiger partial charge in [0.15, 0.2) is 11.6 Å². The molecule has 1 atom stereocenters. The van der Waals surface area contributed by atoms with Crippen LogP contribution in [0.5, 0.6) is 5.75 Å². The van der Waals surface area contributed by atoms with Gasteiger partial charge in [-0.3, -0.25) is 4.79 Å². The fourth-order valence-corrected chi connectivity index (χ4v) is 3.93. The summed E-state index contributed by atoms with van der Waals surface area (Å²) in [6.45, 7) is 3.90. The number of carbonyl (C=O) groups is 1. The van der Waals surface area contributed by atoms with Crippen LogP contribution in [0.4, 0.5) is 4.39 Å². The Balaban J connectivity index is 1.56. The summed E-state index contributed by atoms with van der Waals surface area (Å²) in [5.41, 5.74) is 0.545. The van der Waals surface area contributed by atoms with Crippen LogP contribution in [0.2, 0.25) is 0 Å². The van der Waals surface area contributed by atoms with E-state index in [9.17, 15) is 9.18 Å². The van der Waals surface area contributed by atoms with Gasteiger partial charge in [-0.1, -0.05) is 19.1 Å². The summed E-state index contributed by atoms with van der Waals surface area (Å²) < 4.78 is 19.3. The Labute approximate surface area is 151 Å². The van der Waals surface area contributed by atoms with Crippen LogP contribution >= 0.6 is 11.3 Å². The molecule has 25 heavy (non-hydrogen) atoms. The maximum Gasteiger partial charge on any atom is 0.273 e. The topological polar surface area (TPSA) is 42.4 Å². The van der Waals surface area contributed by atoms with Crippen LogP contribution in [-0.2, 0) is 6.42 Å². The first-order valence-corrected chi connectivity index (χ1v) is 9.66. The van der Waals surface area contributed by atoms with Gasteiger partial charge in [-0.15, -0.1) is 11.3 Å². The van der Waals surface area contributed by atoms with Crippen LogP contribution < -0.4 is 4.74 Å². The van der Waals surface area contributed by atoms with Crippen molar-refractivity contribution in [3.8, 4) is 5.75 Å². The highest BCUT2D eigenvalue weighted by Gasteiger charge is 2.26. The zero-order valence-electron chi connectivity index (χ0n) is 14.4. The van der Waals surface area contributed by atoms with Gasteiger partial charge in [0.2, 0.25) is 0 Å². The van der Waals surface area contributed by atoms with Crippen molar-refractivity contribution in [1.29, 1.82) is 0 Å². The summed E-state index contributed by atoms with van der Waals surface area (Å²) in [7, 11) is 0. The van der Waals surface area contributed by atoms with E-state index in [1.165, 1.54) is 6.07 Å². The van der Waals surface area contributed by atoms with Crippen LogP contribution in [0.1, 0.15) is 41.7 Å². The molecule has 1 aliphatic heterocycles. The van der Waals surface area contributed by atoms with E-state index in [1.807, 2.05) is 10.3 Å². The zero-order valence-corrected chi connectivity index (χ0v) is 15.2. The lowest BCUT2D eigenvalue weighted by molar-refractivity contribution is 0.0626. The van der Waals surface area contributed by atoms with E-state index < -0.39 is 0 Å². The highest BCUT2D eigenvalue weighted by molar-refractivity contribution is 7.09. The third-order valence-corrected chi connectivity index (χ3v) is 5.26. The third-order valence-electron chi connectivity index (χ3n) is 4.35. The second-order valence-corrected chi connectivity index (χ2v) is 7.32. The van der Waals surface area contributed by atoms with E-state index in [2.05, 4.69) is 11.9 Å². The van der Waals surface area contributed by atoms with Gasteiger partial charge in [0.25, 0.3) is 5.91 Å². The number of hydrogen-bond donors (Lipinski definition) is 0. The monoisotopic (exact) mass is 362 g/mol. The van der Waals surface area contributed by atoms with E-state index >= 15 is 0 Å². The molecule has 1 aromatic carbocycles. The lowest BCUT2D eigenvalue weighted by Gasteiger charge is -2.32. The Morgan fingerprint density at radius 3 is 3.08 bits per heavy atom. The van der Waals surface area contributed by atoms with Gasteiger partial charge in [-0.2, -0.15) is 0 Å². The average molecular weight is 362 g/mol. The molecule has 3 rings (SSSR count). The molecule has 1 aliphatic rings. The molecule has 6 heteroatoms. The molecular weight excluding hydrogens is 339 g/mol. The van der Waals surface area contributed by atoms with Gasteiger partial charge < -0.3 is 9.64 Å². The second kappa shape index (κ2) is 8.43. The van der Waals surface area contributed by atoms with Crippen molar-refractivity contribution >= 4 is 17.2 Å². The third kappa shape index (κ3) is 4.57. The molecule has 134 valence electrons. The first kappa shape index (κ1) is 17.9. The lowest BCUT2D eigenvalue weighted by Crippen LogP contribution is -2.41. The van der Waals surface area contributed by atoms with Gasteiger partial charge in [-0.05, 0) is 37.8 Å². The minimum absolute atomic E-state index is 0.00538. The number of aromatic nitrogens is 1. The zero-order chi connectivity index (χ0) is 17.6. The fraction of sp³-hybridized carbons (Fsp3) is 0.474. The molecule has 0 radical (unpaired) electrons. The summed E-state index contributed by atoms with van der Waals surface area (Å²) >= 11 is 1.55. The summed E-state index contributed by atoms with van der Waals surface area (Å²) in [6.07, 6.45) is 3.86. The molecule has 0 bridgehead atoms. The molecule has 1 amide bonds. The summed E-state index contributed by atoms with van der Waals surface area (Å²) in [6, 6.07) is 6.42.